The minimum atomic E-state index is -5.00. The minimum Gasteiger partial charge on any atom is -0.506 e. The van der Waals surface area contributed by atoms with Gasteiger partial charge in [-0.2, -0.15) is 43.9 Å². The largest absolute Gasteiger partial charge is 0.506 e. The van der Waals surface area contributed by atoms with Gasteiger partial charge in [-0.15, -0.1) is 30.7 Å². The highest BCUT2D eigenvalue weighted by molar-refractivity contribution is 7.86. The van der Waals surface area contributed by atoms with E-state index in [1.165, 1.54) is 38.5 Å². The van der Waals surface area contributed by atoms with Gasteiger partial charge in [-0.25, -0.2) is 0 Å². The Morgan fingerprint density at radius 1 is 0.371 bits per heavy atom. The van der Waals surface area contributed by atoms with Crippen LogP contribution in [-0.4, -0.2) is 86.5 Å². The van der Waals surface area contributed by atoms with Crippen LogP contribution in [0.4, 0.5) is 45.5 Å². The molecule has 0 aromatic heterocycles. The maximum absolute atomic E-state index is 12.5. The number of rotatable bonds is 16. The van der Waals surface area contributed by atoms with Crippen LogP contribution in [0, 0.1) is 0 Å². The normalized spacial score (nSPS) is 12.8. The molecule has 6 aromatic carbocycles. The highest BCUT2D eigenvalue weighted by Crippen LogP contribution is 2.43. The Balaban J connectivity index is 1.24. The molecule has 0 bridgehead atoms. The molecule has 0 saturated carbocycles. The van der Waals surface area contributed by atoms with Gasteiger partial charge in [0.15, 0.2) is 0 Å². The van der Waals surface area contributed by atoms with Crippen LogP contribution in [-0.2, 0) is 40.5 Å². The number of hydrogen-bond donors (Lipinski definition) is 8. The van der Waals surface area contributed by atoms with E-state index in [0.717, 1.165) is 84.9 Å². The van der Waals surface area contributed by atoms with Gasteiger partial charge in [-0.3, -0.25) is 18.2 Å². The first kappa shape index (κ1) is 51.3. The molecule has 8 N–H and O–H groups in total. The fraction of sp³-hybridized carbons (Fsp3) is 0.0500. The fourth-order valence-electron chi connectivity index (χ4n) is 5.74. The maximum Gasteiger partial charge on any atom is 0.295 e. The molecule has 0 heterocycles. The van der Waals surface area contributed by atoms with Crippen LogP contribution < -0.4 is 9.47 Å². The Bertz CT molecular complexity index is 3460. The zero-order valence-corrected chi connectivity index (χ0v) is 38.5. The Hall–Kier alpha value is -8.10. The van der Waals surface area contributed by atoms with E-state index in [9.17, 15) is 72.3 Å². The van der Waals surface area contributed by atoms with E-state index in [0.29, 0.717) is 0 Å². The van der Waals surface area contributed by atoms with Crippen LogP contribution in [0.1, 0.15) is 11.1 Å². The number of aromatic hydroxyl groups is 4. The van der Waals surface area contributed by atoms with Crippen LogP contribution in [0.3, 0.4) is 0 Å². The van der Waals surface area contributed by atoms with Crippen LogP contribution in [0.25, 0.3) is 12.2 Å². The van der Waals surface area contributed by atoms with Gasteiger partial charge in [0.1, 0.15) is 78.4 Å². The quantitative estimate of drug-likeness (QED) is 0.0254. The van der Waals surface area contributed by atoms with Crippen LogP contribution in [0.5, 0.6) is 34.5 Å². The zero-order valence-electron chi connectivity index (χ0n) is 35.3. The Kier molecular flexibility index (Phi) is 14.8. The van der Waals surface area contributed by atoms with Gasteiger partial charge < -0.3 is 29.9 Å². The molecular formula is C40H32N8O18S4. The third-order valence-electron chi connectivity index (χ3n) is 9.11. The number of phenolic OH excluding ortho intramolecular Hbond substituents is 4. The summed E-state index contributed by atoms with van der Waals surface area (Å²) in [5.74, 6) is -2.27. The summed E-state index contributed by atoms with van der Waals surface area (Å²) in [6.45, 7) is 0. The van der Waals surface area contributed by atoms with Crippen molar-refractivity contribution in [2.45, 2.75) is 19.6 Å². The van der Waals surface area contributed by atoms with Crippen molar-refractivity contribution in [3.8, 4) is 34.5 Å². The molecule has 26 nitrogen and oxygen atoms in total. The topological polar surface area (TPSA) is 416 Å². The lowest BCUT2D eigenvalue weighted by molar-refractivity contribution is 0.413. The summed E-state index contributed by atoms with van der Waals surface area (Å²) in [7, 11) is -16.9. The summed E-state index contributed by atoms with van der Waals surface area (Å²) in [5.41, 5.74) is -2.23. The van der Waals surface area contributed by atoms with Gasteiger partial charge in [-0.05, 0) is 71.8 Å². The summed E-state index contributed by atoms with van der Waals surface area (Å²) < 4.78 is 145. The highest BCUT2D eigenvalue weighted by Gasteiger charge is 2.20. The second kappa shape index (κ2) is 20.2. The third-order valence-corrected chi connectivity index (χ3v) is 12.6. The molecular weight excluding hydrogens is 1010 g/mol. The smallest absolute Gasteiger partial charge is 0.295 e. The summed E-state index contributed by atoms with van der Waals surface area (Å²) in [4.78, 5) is -2.63. The van der Waals surface area contributed by atoms with Gasteiger partial charge in [0.2, 0.25) is 0 Å². The molecule has 0 unspecified atom stereocenters. The molecule has 0 aliphatic rings. The zero-order chi connectivity index (χ0) is 51.3. The van der Waals surface area contributed by atoms with Crippen LogP contribution in [0.15, 0.2) is 158 Å². The lowest BCUT2D eigenvalue weighted by Gasteiger charge is -2.08. The number of phenols is 4. The first-order valence-corrected chi connectivity index (χ1v) is 24.5. The van der Waals surface area contributed by atoms with Crippen LogP contribution in [0.2, 0.25) is 0 Å². The molecule has 0 radical (unpaired) electrons. The predicted octanol–water partition coefficient (Wildman–Crippen LogP) is 9.35. The third kappa shape index (κ3) is 12.5. The van der Waals surface area contributed by atoms with E-state index in [4.69, 9.17) is 9.47 Å². The summed E-state index contributed by atoms with van der Waals surface area (Å²) in [6, 6.07) is 16.4. The second-order valence-corrected chi connectivity index (χ2v) is 19.4. The van der Waals surface area contributed by atoms with Gasteiger partial charge in [0.05, 0.1) is 35.4 Å². The number of methoxy groups -OCH3 is 2. The lowest BCUT2D eigenvalue weighted by atomic mass is 10.1. The second-order valence-electron chi connectivity index (χ2n) is 13.8. The number of nitrogens with zero attached hydrogens (tertiary/aromatic N) is 8. The van der Waals surface area contributed by atoms with Gasteiger partial charge >= 0.3 is 0 Å². The minimum absolute atomic E-state index is 0.0633. The average molecular weight is 1040 g/mol. The van der Waals surface area contributed by atoms with Crippen molar-refractivity contribution in [2.75, 3.05) is 14.2 Å². The number of ether oxygens (including phenoxy) is 2. The van der Waals surface area contributed by atoms with Crippen molar-refractivity contribution >= 4 is 98.1 Å². The number of azo groups is 4. The molecule has 0 atom stereocenters. The summed E-state index contributed by atoms with van der Waals surface area (Å²) in [6.07, 6.45) is 2.20. The van der Waals surface area contributed by atoms with Crippen molar-refractivity contribution < 1.29 is 81.8 Å². The van der Waals surface area contributed by atoms with Gasteiger partial charge in [0, 0.05) is 24.3 Å². The van der Waals surface area contributed by atoms with Crippen molar-refractivity contribution in [3.63, 3.8) is 0 Å². The molecule has 364 valence electrons. The number of hydrogen-bond acceptors (Lipinski definition) is 22. The van der Waals surface area contributed by atoms with E-state index in [-0.39, 0.29) is 68.1 Å². The summed E-state index contributed by atoms with van der Waals surface area (Å²) in [5, 5.41) is 72.1. The molecule has 30 heteroatoms. The summed E-state index contributed by atoms with van der Waals surface area (Å²) >= 11 is 0. The molecule has 0 saturated heterocycles. The van der Waals surface area contributed by atoms with Crippen molar-refractivity contribution in [3.05, 3.63) is 108 Å². The Morgan fingerprint density at radius 3 is 1.01 bits per heavy atom. The fourth-order valence-corrected chi connectivity index (χ4v) is 8.14. The Morgan fingerprint density at radius 2 is 0.700 bits per heavy atom. The number of benzene rings is 6. The molecule has 6 rings (SSSR count). The standard InChI is InChI=1S/C40H32N8O18S4/c1-65-37-19-29(45-43-27-15-25(67(53,54)55)9-11-33(27)49)35(51)17-31(37)47-41-23-7-5-21(39(13-23)69(59,60)61)3-4-22-6-8-24(14-40(22)70(62,63)64)42-48-32-18-36(52)30(20-38(32)66-2)46-44-28-16-26(68(56,57)58)10-12-34(28)50/h3-20,49-52H,1-2H3,(H,53,54,55)(H,56,57,58)(H,59,60,61)(H,62,63,64). The van der Waals surface area contributed by atoms with E-state index in [1.807, 2.05) is 0 Å². The SMILES string of the molecule is COc1cc(N=Nc2cc(S(=O)(=O)O)ccc2O)c(O)cc1N=Nc1ccc(C=Cc2ccc(N=Nc3cc(O)c(N=Nc4cc(S(=O)(=O)O)ccc4O)cc3OC)cc2S(=O)(=O)O)c(S(=O)(=O)O)c1. The van der Waals surface area contributed by atoms with Crippen molar-refractivity contribution in [2.24, 2.45) is 40.9 Å². The molecule has 0 aliphatic carbocycles. The first-order valence-electron chi connectivity index (χ1n) is 18.8. The molecule has 0 fully saturated rings. The molecule has 6 aromatic rings. The van der Waals surface area contributed by atoms with E-state index in [1.54, 1.807) is 0 Å². The van der Waals surface area contributed by atoms with Crippen molar-refractivity contribution in [1.82, 2.24) is 0 Å². The maximum atomic E-state index is 12.5. The van der Waals surface area contributed by atoms with Crippen LogP contribution >= 0.6 is 0 Å². The van der Waals surface area contributed by atoms with Crippen molar-refractivity contribution in [1.29, 1.82) is 0 Å². The van der Waals surface area contributed by atoms with E-state index < -0.39 is 83.1 Å². The first-order chi connectivity index (χ1) is 32.7. The molecule has 0 spiro atoms. The average Bonchev–Trinajstić information content (AvgIpc) is 3.28. The monoisotopic (exact) mass is 1040 g/mol. The van der Waals surface area contributed by atoms with Gasteiger partial charge in [-0.1, -0.05) is 24.3 Å². The lowest BCUT2D eigenvalue weighted by Crippen LogP contribution is -2.01. The van der Waals surface area contributed by atoms with E-state index >= 15 is 0 Å². The van der Waals surface area contributed by atoms with E-state index in [2.05, 4.69) is 40.9 Å². The molecule has 0 aliphatic heterocycles. The molecule has 70 heavy (non-hydrogen) atoms. The Labute approximate surface area is 395 Å². The molecule has 0 amide bonds. The predicted molar refractivity (Wildman–Crippen MR) is 243 cm³/mol. The highest BCUT2D eigenvalue weighted by atomic mass is 32.2. The van der Waals surface area contributed by atoms with Gasteiger partial charge in [0.25, 0.3) is 40.5 Å².